The van der Waals surface area contributed by atoms with Crippen LogP contribution in [-0.4, -0.2) is 92.7 Å². The van der Waals surface area contributed by atoms with Gasteiger partial charge in [-0.3, -0.25) is 9.69 Å². The number of carbonyl (C=O) groups is 1. The number of carbonyl (C=O) groups excluding carboxylic acids is 1. The lowest BCUT2D eigenvalue weighted by atomic mass is 10.1. The molecule has 1 fully saturated rings. The molecule has 7 nitrogen and oxygen atoms in total. The van der Waals surface area contributed by atoms with Gasteiger partial charge in [0, 0.05) is 45.4 Å². The van der Waals surface area contributed by atoms with Crippen molar-refractivity contribution in [3.8, 4) is 5.75 Å². The van der Waals surface area contributed by atoms with Crippen LogP contribution < -0.4 is 4.74 Å². The molecule has 2 aromatic carbocycles. The van der Waals surface area contributed by atoms with Crippen LogP contribution in [0, 0.1) is 13.8 Å². The van der Waals surface area contributed by atoms with Crippen LogP contribution in [0.1, 0.15) is 21.5 Å². The highest BCUT2D eigenvalue weighted by Gasteiger charge is 2.26. The lowest BCUT2D eigenvalue weighted by molar-refractivity contribution is -0.0546. The lowest BCUT2D eigenvalue weighted by Gasteiger charge is -2.36. The number of benzene rings is 2. The highest BCUT2D eigenvalue weighted by molar-refractivity contribution is 5.94. The maximum atomic E-state index is 13.1. The van der Waals surface area contributed by atoms with Crippen LogP contribution in [0.25, 0.3) is 0 Å². The van der Waals surface area contributed by atoms with Crippen molar-refractivity contribution in [1.82, 2.24) is 9.80 Å². The molecule has 180 valence electrons. The highest BCUT2D eigenvalue weighted by atomic mass is 16.5. The molecule has 0 bridgehead atoms. The van der Waals surface area contributed by atoms with E-state index in [0.717, 1.165) is 23.4 Å². The van der Waals surface area contributed by atoms with E-state index in [9.17, 15) is 9.90 Å². The summed E-state index contributed by atoms with van der Waals surface area (Å²) in [6.45, 7) is 8.10. The standard InChI is InChI=1S/C26H36N2O5/c1-20-8-10-22(11-9-20)26(30)28(13-14-31-3)18-24-17-27(12-15-32-24)16-23(29)19-33-25-7-5-4-6-21(25)2/h4-11,23-24,29H,12-19H2,1-3H3. The van der Waals surface area contributed by atoms with E-state index in [0.29, 0.717) is 45.0 Å². The van der Waals surface area contributed by atoms with Crippen LogP contribution in [0.5, 0.6) is 5.75 Å². The topological polar surface area (TPSA) is 71.5 Å². The van der Waals surface area contributed by atoms with Gasteiger partial charge in [-0.2, -0.15) is 0 Å². The predicted molar refractivity (Wildman–Crippen MR) is 128 cm³/mol. The first-order chi connectivity index (χ1) is 16.0. The first-order valence-corrected chi connectivity index (χ1v) is 11.5. The van der Waals surface area contributed by atoms with Gasteiger partial charge in [-0.1, -0.05) is 35.9 Å². The van der Waals surface area contributed by atoms with Crippen LogP contribution in [0.15, 0.2) is 48.5 Å². The molecule has 1 aliphatic heterocycles. The van der Waals surface area contributed by atoms with Crippen LogP contribution in [0.4, 0.5) is 0 Å². The van der Waals surface area contributed by atoms with Gasteiger partial charge >= 0.3 is 0 Å². The molecule has 1 saturated heterocycles. The largest absolute Gasteiger partial charge is 0.491 e. The van der Waals surface area contributed by atoms with Crippen molar-refractivity contribution in [2.75, 3.05) is 59.7 Å². The summed E-state index contributed by atoms with van der Waals surface area (Å²) in [5.74, 6) is 0.763. The number of rotatable bonds is 11. The van der Waals surface area contributed by atoms with Gasteiger partial charge < -0.3 is 24.2 Å². The van der Waals surface area contributed by atoms with Crippen molar-refractivity contribution < 1.29 is 24.1 Å². The summed E-state index contributed by atoms with van der Waals surface area (Å²) in [6, 6.07) is 15.4. The van der Waals surface area contributed by atoms with E-state index in [-0.39, 0.29) is 18.6 Å². The summed E-state index contributed by atoms with van der Waals surface area (Å²) in [6.07, 6.45) is -0.739. The van der Waals surface area contributed by atoms with Gasteiger partial charge in [0.1, 0.15) is 18.5 Å². The average Bonchev–Trinajstić information content (AvgIpc) is 2.81. The molecular formula is C26H36N2O5. The number of β-amino-alcohol motifs (C(OH)–C–C–N with tert-alkyl or cyclic N) is 1. The number of aliphatic hydroxyl groups excluding tert-OH is 1. The van der Waals surface area contributed by atoms with Gasteiger partial charge in [-0.25, -0.2) is 0 Å². The zero-order valence-corrected chi connectivity index (χ0v) is 19.9. The van der Waals surface area contributed by atoms with Crippen molar-refractivity contribution in [2.24, 2.45) is 0 Å². The number of aryl methyl sites for hydroxylation is 2. The lowest BCUT2D eigenvalue weighted by Crippen LogP contribution is -2.51. The van der Waals surface area contributed by atoms with Gasteiger partial charge in [0.2, 0.25) is 0 Å². The number of hydrogen-bond acceptors (Lipinski definition) is 6. The molecule has 1 amide bonds. The Hall–Kier alpha value is -2.45. The molecule has 33 heavy (non-hydrogen) atoms. The minimum Gasteiger partial charge on any atom is -0.491 e. The molecule has 2 aromatic rings. The van der Waals surface area contributed by atoms with E-state index in [1.54, 1.807) is 12.0 Å². The molecule has 1 N–H and O–H groups in total. The second-order valence-electron chi connectivity index (χ2n) is 8.59. The third-order valence-corrected chi connectivity index (χ3v) is 5.79. The molecule has 0 radical (unpaired) electrons. The molecule has 0 spiro atoms. The van der Waals surface area contributed by atoms with Gasteiger partial charge in [0.15, 0.2) is 0 Å². The first kappa shape index (κ1) is 25.2. The minimum atomic E-state index is -0.609. The van der Waals surface area contributed by atoms with Gasteiger partial charge in [0.25, 0.3) is 5.91 Å². The van der Waals surface area contributed by atoms with E-state index in [1.165, 1.54) is 0 Å². The number of ether oxygens (including phenoxy) is 3. The zero-order chi connectivity index (χ0) is 23.6. The van der Waals surface area contributed by atoms with Crippen LogP contribution in [0.2, 0.25) is 0 Å². The van der Waals surface area contributed by atoms with Crippen molar-refractivity contribution in [3.05, 3.63) is 65.2 Å². The smallest absolute Gasteiger partial charge is 0.254 e. The Bertz CT molecular complexity index is 873. The Labute approximate surface area is 196 Å². The van der Waals surface area contributed by atoms with Crippen LogP contribution in [-0.2, 0) is 9.47 Å². The second-order valence-corrected chi connectivity index (χ2v) is 8.59. The fraction of sp³-hybridized carbons (Fsp3) is 0.500. The summed E-state index contributed by atoms with van der Waals surface area (Å²) in [5, 5.41) is 10.5. The van der Waals surface area contributed by atoms with Crippen LogP contribution in [0.3, 0.4) is 0 Å². The highest BCUT2D eigenvalue weighted by Crippen LogP contribution is 2.17. The zero-order valence-electron chi connectivity index (χ0n) is 19.9. The molecule has 0 aliphatic carbocycles. The van der Waals surface area contributed by atoms with Crippen molar-refractivity contribution in [2.45, 2.75) is 26.1 Å². The molecule has 0 saturated carbocycles. The van der Waals surface area contributed by atoms with Gasteiger partial charge in [-0.15, -0.1) is 0 Å². The summed E-state index contributed by atoms with van der Waals surface area (Å²) in [5.41, 5.74) is 2.82. The number of nitrogens with zero attached hydrogens (tertiary/aromatic N) is 2. The molecule has 2 unspecified atom stereocenters. The predicted octanol–water partition coefficient (Wildman–Crippen LogP) is 2.53. The molecule has 7 heteroatoms. The average molecular weight is 457 g/mol. The maximum Gasteiger partial charge on any atom is 0.254 e. The van der Waals surface area contributed by atoms with Crippen molar-refractivity contribution in [3.63, 3.8) is 0 Å². The molecule has 1 heterocycles. The van der Waals surface area contributed by atoms with E-state index in [2.05, 4.69) is 4.90 Å². The number of amides is 1. The normalized spacial score (nSPS) is 17.5. The maximum absolute atomic E-state index is 13.1. The Morgan fingerprint density at radius 1 is 1.21 bits per heavy atom. The Morgan fingerprint density at radius 3 is 2.70 bits per heavy atom. The van der Waals surface area contributed by atoms with E-state index in [4.69, 9.17) is 14.2 Å². The minimum absolute atomic E-state index is 0.0283. The number of para-hydroxylation sites is 1. The summed E-state index contributed by atoms with van der Waals surface area (Å²) < 4.78 is 17.0. The number of morpholine rings is 1. The Kier molecular flexibility index (Phi) is 9.69. The quantitative estimate of drug-likeness (QED) is 0.560. The fourth-order valence-corrected chi connectivity index (χ4v) is 3.91. The first-order valence-electron chi connectivity index (χ1n) is 11.5. The van der Waals surface area contributed by atoms with Crippen molar-refractivity contribution >= 4 is 5.91 Å². The summed E-state index contributed by atoms with van der Waals surface area (Å²) in [7, 11) is 1.63. The third-order valence-electron chi connectivity index (χ3n) is 5.79. The monoisotopic (exact) mass is 456 g/mol. The Balaban J connectivity index is 1.53. The van der Waals surface area contributed by atoms with E-state index in [1.807, 2.05) is 62.4 Å². The van der Waals surface area contributed by atoms with E-state index < -0.39 is 6.10 Å². The van der Waals surface area contributed by atoms with Gasteiger partial charge in [0.05, 0.1) is 19.3 Å². The molecule has 2 atom stereocenters. The number of aliphatic hydroxyl groups is 1. The number of methoxy groups -OCH3 is 1. The summed E-state index contributed by atoms with van der Waals surface area (Å²) in [4.78, 5) is 17.1. The van der Waals surface area contributed by atoms with E-state index >= 15 is 0 Å². The molecular weight excluding hydrogens is 420 g/mol. The molecule has 0 aromatic heterocycles. The fourth-order valence-electron chi connectivity index (χ4n) is 3.91. The van der Waals surface area contributed by atoms with Crippen LogP contribution >= 0.6 is 0 Å². The number of hydrogen-bond donors (Lipinski definition) is 1. The van der Waals surface area contributed by atoms with Gasteiger partial charge in [-0.05, 0) is 37.6 Å². The Morgan fingerprint density at radius 2 is 1.97 bits per heavy atom. The second kappa shape index (κ2) is 12.7. The molecule has 1 aliphatic rings. The third kappa shape index (κ3) is 7.82. The summed E-state index contributed by atoms with van der Waals surface area (Å²) >= 11 is 0. The molecule has 3 rings (SSSR count). The van der Waals surface area contributed by atoms with Crippen molar-refractivity contribution in [1.29, 1.82) is 0 Å². The SMILES string of the molecule is COCCN(CC1CN(CC(O)COc2ccccc2C)CCO1)C(=O)c1ccc(C)cc1.